The van der Waals surface area contributed by atoms with Crippen LogP contribution < -0.4 is 16.0 Å². The van der Waals surface area contributed by atoms with Gasteiger partial charge in [0.05, 0.1) is 24.5 Å². The van der Waals surface area contributed by atoms with E-state index in [1.165, 1.54) is 23.9 Å². The smallest absolute Gasteiger partial charge is 0.343 e. The highest BCUT2D eigenvalue weighted by Gasteiger charge is 2.22. The average molecular weight is 422 g/mol. The van der Waals surface area contributed by atoms with Crippen LogP contribution in [0.1, 0.15) is 30.2 Å². The van der Waals surface area contributed by atoms with E-state index in [2.05, 4.69) is 10.1 Å². The summed E-state index contributed by atoms with van der Waals surface area (Å²) in [6, 6.07) is 13.5. The van der Waals surface area contributed by atoms with Crippen molar-refractivity contribution in [2.24, 2.45) is 5.73 Å². The van der Waals surface area contributed by atoms with Gasteiger partial charge in [-0.2, -0.15) is 5.10 Å². The van der Waals surface area contributed by atoms with Crippen molar-refractivity contribution in [3.8, 4) is 28.4 Å². The Kier molecular flexibility index (Phi) is 6.44. The number of hydrogen-bond acceptors (Lipinski definition) is 7. The minimum absolute atomic E-state index is 0.00234. The maximum absolute atomic E-state index is 12.4. The third-order valence-corrected chi connectivity index (χ3v) is 4.38. The zero-order chi connectivity index (χ0) is 22.5. The number of pyridine rings is 1. The van der Waals surface area contributed by atoms with Crippen molar-refractivity contribution >= 4 is 11.9 Å². The monoisotopic (exact) mass is 422 g/mol. The normalized spacial score (nSPS) is 10.7. The van der Waals surface area contributed by atoms with E-state index in [0.717, 1.165) is 5.56 Å². The first-order valence-corrected chi connectivity index (χ1v) is 9.52. The third kappa shape index (κ3) is 4.77. The molecular formula is C22H22N4O5. The van der Waals surface area contributed by atoms with E-state index in [1.807, 2.05) is 44.2 Å². The Bertz CT molecular complexity index is 1170. The van der Waals surface area contributed by atoms with Crippen LogP contribution in [-0.2, 0) is 9.53 Å². The number of rotatable bonds is 7. The number of carbonyl (C=O) groups excluding carboxylic acids is 2. The number of aromatic nitrogens is 3. The second-order valence-electron chi connectivity index (χ2n) is 6.94. The summed E-state index contributed by atoms with van der Waals surface area (Å²) in [5.41, 5.74) is 7.04. The number of methoxy groups -OCH3 is 1. The van der Waals surface area contributed by atoms with E-state index in [4.69, 9.17) is 15.2 Å². The molecule has 0 saturated carbocycles. The van der Waals surface area contributed by atoms with Crippen molar-refractivity contribution in [3.63, 3.8) is 0 Å². The van der Waals surface area contributed by atoms with Gasteiger partial charge in [0.2, 0.25) is 5.88 Å². The molecule has 0 aliphatic carbocycles. The molecule has 1 amide bonds. The van der Waals surface area contributed by atoms with E-state index in [-0.39, 0.29) is 23.0 Å². The molecule has 0 fully saturated rings. The maximum atomic E-state index is 12.4. The van der Waals surface area contributed by atoms with Crippen molar-refractivity contribution in [2.75, 3.05) is 13.7 Å². The lowest BCUT2D eigenvalue weighted by Gasteiger charge is -2.16. The summed E-state index contributed by atoms with van der Waals surface area (Å²) in [4.78, 5) is 40.3. The molecular weight excluding hydrogens is 400 g/mol. The van der Waals surface area contributed by atoms with Crippen LogP contribution in [-0.4, -0.2) is 40.4 Å². The molecule has 31 heavy (non-hydrogen) atoms. The topological polar surface area (TPSA) is 126 Å². The van der Waals surface area contributed by atoms with Crippen molar-refractivity contribution in [1.29, 1.82) is 0 Å². The van der Waals surface area contributed by atoms with Gasteiger partial charge in [-0.15, -0.1) is 0 Å². The van der Waals surface area contributed by atoms with Crippen LogP contribution in [0, 0.1) is 0 Å². The lowest BCUT2D eigenvalue weighted by atomic mass is 10.0. The molecule has 2 heterocycles. The van der Waals surface area contributed by atoms with E-state index < -0.39 is 18.5 Å². The third-order valence-electron chi connectivity index (χ3n) is 4.38. The zero-order valence-electron chi connectivity index (χ0n) is 17.4. The van der Waals surface area contributed by atoms with Gasteiger partial charge in [-0.25, -0.2) is 14.5 Å². The van der Waals surface area contributed by atoms with Crippen LogP contribution in [0.25, 0.3) is 22.5 Å². The highest BCUT2D eigenvalue weighted by molar-refractivity contribution is 5.95. The van der Waals surface area contributed by atoms with Gasteiger partial charge in [0.1, 0.15) is 5.56 Å². The minimum atomic E-state index is -0.714. The van der Waals surface area contributed by atoms with E-state index in [9.17, 15) is 14.4 Å². The summed E-state index contributed by atoms with van der Waals surface area (Å²) in [6.45, 7) is 3.23. The first kappa shape index (κ1) is 21.7. The number of benzene rings is 1. The predicted molar refractivity (Wildman–Crippen MR) is 114 cm³/mol. The molecule has 0 bridgehead atoms. The number of nitrogens with two attached hydrogens (primary N) is 1. The van der Waals surface area contributed by atoms with E-state index in [1.54, 1.807) is 6.07 Å². The summed E-state index contributed by atoms with van der Waals surface area (Å²) in [6.07, 6.45) is 0. The maximum Gasteiger partial charge on any atom is 0.343 e. The molecule has 9 heteroatoms. The SMILES string of the molecule is COC(=O)c1cc(-c2ccc(=O)n(C(C)C)n2)c(-c2ccccc2)nc1OCC(N)=O. The zero-order valence-corrected chi connectivity index (χ0v) is 17.4. The predicted octanol–water partition coefficient (Wildman–Crippen LogP) is 2.20. The van der Waals surface area contributed by atoms with Crippen molar-refractivity contribution < 1.29 is 19.1 Å². The molecule has 160 valence electrons. The summed E-state index contributed by atoms with van der Waals surface area (Å²) in [5.74, 6) is -1.51. The van der Waals surface area contributed by atoms with E-state index >= 15 is 0 Å². The molecule has 1 aromatic carbocycles. The molecule has 0 spiro atoms. The van der Waals surface area contributed by atoms with Crippen molar-refractivity contribution in [3.05, 3.63) is 64.4 Å². The lowest BCUT2D eigenvalue weighted by molar-refractivity contribution is -0.120. The van der Waals surface area contributed by atoms with Gasteiger partial charge in [0, 0.05) is 17.2 Å². The Hall–Kier alpha value is -4.01. The lowest BCUT2D eigenvalue weighted by Crippen LogP contribution is -2.24. The highest BCUT2D eigenvalue weighted by Crippen LogP contribution is 2.34. The molecule has 2 aromatic heterocycles. The number of esters is 1. The molecule has 0 atom stereocenters. The number of ether oxygens (including phenoxy) is 2. The number of nitrogens with zero attached hydrogens (tertiary/aromatic N) is 3. The van der Waals surface area contributed by atoms with Gasteiger partial charge >= 0.3 is 5.97 Å². The summed E-state index contributed by atoms with van der Waals surface area (Å²) in [7, 11) is 1.22. The summed E-state index contributed by atoms with van der Waals surface area (Å²) in [5, 5.41) is 4.46. The number of hydrogen-bond donors (Lipinski definition) is 1. The van der Waals surface area contributed by atoms with Crippen LogP contribution in [0.4, 0.5) is 0 Å². The second-order valence-corrected chi connectivity index (χ2v) is 6.94. The fourth-order valence-corrected chi connectivity index (χ4v) is 2.95. The molecule has 9 nitrogen and oxygen atoms in total. The van der Waals surface area contributed by atoms with Crippen molar-refractivity contribution in [2.45, 2.75) is 19.9 Å². The number of carbonyl (C=O) groups is 2. The first-order chi connectivity index (χ1) is 14.8. The molecule has 0 unspecified atom stereocenters. The van der Waals surface area contributed by atoms with E-state index in [0.29, 0.717) is 17.0 Å². The Morgan fingerprint density at radius 1 is 1.13 bits per heavy atom. The van der Waals surface area contributed by atoms with Crippen molar-refractivity contribution in [1.82, 2.24) is 14.8 Å². The second kappa shape index (κ2) is 9.21. The highest BCUT2D eigenvalue weighted by atomic mass is 16.5. The van der Waals surface area contributed by atoms with Crippen LogP contribution in [0.2, 0.25) is 0 Å². The van der Waals surface area contributed by atoms with Gasteiger partial charge in [-0.3, -0.25) is 9.59 Å². The van der Waals surface area contributed by atoms with Crippen LogP contribution in [0.15, 0.2) is 53.3 Å². The minimum Gasteiger partial charge on any atom is -0.467 e. The van der Waals surface area contributed by atoms with Crippen LogP contribution in [0.3, 0.4) is 0 Å². The summed E-state index contributed by atoms with van der Waals surface area (Å²) < 4.78 is 11.6. The Morgan fingerprint density at radius 2 is 1.84 bits per heavy atom. The first-order valence-electron chi connectivity index (χ1n) is 9.52. The number of amides is 1. The van der Waals surface area contributed by atoms with Gasteiger partial charge in [0.25, 0.3) is 11.5 Å². The largest absolute Gasteiger partial charge is 0.467 e. The molecule has 0 aliphatic rings. The molecule has 3 aromatic rings. The Morgan fingerprint density at radius 3 is 2.45 bits per heavy atom. The molecule has 3 rings (SSSR count). The standard InChI is InChI=1S/C22H22N4O5/c1-13(2)26-19(28)10-9-17(25-26)15-11-16(22(29)30-3)21(31-12-18(23)27)24-20(15)14-7-5-4-6-8-14/h4-11,13H,12H2,1-3H3,(H2,23,27). The fraction of sp³-hybridized carbons (Fsp3) is 0.227. The number of primary amides is 1. The molecule has 0 radical (unpaired) electrons. The summed E-state index contributed by atoms with van der Waals surface area (Å²) >= 11 is 0. The quantitative estimate of drug-likeness (QED) is 0.578. The Balaban J connectivity index is 2.30. The average Bonchev–Trinajstić information content (AvgIpc) is 2.77. The fourth-order valence-electron chi connectivity index (χ4n) is 2.95. The van der Waals surface area contributed by atoms with Gasteiger partial charge in [-0.1, -0.05) is 30.3 Å². The molecule has 2 N–H and O–H groups in total. The van der Waals surface area contributed by atoms with Gasteiger partial charge in [-0.05, 0) is 26.0 Å². The van der Waals surface area contributed by atoms with Crippen LogP contribution in [0.5, 0.6) is 5.88 Å². The molecule has 0 saturated heterocycles. The van der Waals surface area contributed by atoms with Gasteiger partial charge in [0.15, 0.2) is 6.61 Å². The molecule has 0 aliphatic heterocycles. The van der Waals surface area contributed by atoms with Crippen LogP contribution >= 0.6 is 0 Å². The van der Waals surface area contributed by atoms with Gasteiger partial charge < -0.3 is 15.2 Å². The Labute approximate surface area is 178 Å².